The number of rotatable bonds is 5. The van der Waals surface area contributed by atoms with Gasteiger partial charge in [-0.15, -0.1) is 0 Å². The van der Waals surface area contributed by atoms with Gasteiger partial charge in [-0.05, 0) is 67.3 Å². The number of para-hydroxylation sites is 1. The summed E-state index contributed by atoms with van der Waals surface area (Å²) in [5, 5.41) is 0.704. The lowest BCUT2D eigenvalue weighted by atomic mass is 10.1. The number of amides is 1. The van der Waals surface area contributed by atoms with Crippen molar-refractivity contribution >= 4 is 32.6 Å². The average Bonchev–Trinajstić information content (AvgIpc) is 3.18. The van der Waals surface area contributed by atoms with E-state index in [-0.39, 0.29) is 5.91 Å². The van der Waals surface area contributed by atoms with Crippen LogP contribution in [0.15, 0.2) is 60.8 Å². The fourth-order valence-corrected chi connectivity index (χ4v) is 4.32. The van der Waals surface area contributed by atoms with Crippen LogP contribution in [0.5, 0.6) is 0 Å². The molecule has 0 spiro atoms. The van der Waals surface area contributed by atoms with E-state index >= 15 is 0 Å². The van der Waals surface area contributed by atoms with Crippen molar-refractivity contribution in [1.82, 2.24) is 9.97 Å². The van der Waals surface area contributed by atoms with E-state index < -0.39 is 0 Å². The highest BCUT2D eigenvalue weighted by Crippen LogP contribution is 2.32. The summed E-state index contributed by atoms with van der Waals surface area (Å²) in [6, 6.07) is 17.8. The van der Waals surface area contributed by atoms with E-state index in [2.05, 4.69) is 37.0 Å². The fourth-order valence-electron chi connectivity index (χ4n) is 3.30. The predicted octanol–water partition coefficient (Wildman–Crippen LogP) is 5.72. The molecule has 4 rings (SSSR count). The Morgan fingerprint density at radius 3 is 2.62 bits per heavy atom. The Kier molecular flexibility index (Phi) is 5.41. The summed E-state index contributed by atoms with van der Waals surface area (Å²) in [5.41, 5.74) is 5.95. The zero-order chi connectivity index (χ0) is 20.4. The van der Waals surface area contributed by atoms with Crippen molar-refractivity contribution < 1.29 is 4.79 Å². The summed E-state index contributed by atoms with van der Waals surface area (Å²) < 4.78 is 1.10. The Morgan fingerprint density at radius 1 is 1.03 bits per heavy atom. The predicted molar refractivity (Wildman–Crippen MR) is 120 cm³/mol. The van der Waals surface area contributed by atoms with Gasteiger partial charge in [0.2, 0.25) is 0 Å². The minimum absolute atomic E-state index is 0.0594. The molecule has 146 valence electrons. The van der Waals surface area contributed by atoms with Crippen LogP contribution in [-0.4, -0.2) is 15.9 Å². The molecule has 2 heterocycles. The second kappa shape index (κ2) is 8.13. The number of aryl methyl sites for hydroxylation is 3. The Balaban J connectivity index is 1.80. The van der Waals surface area contributed by atoms with Crippen molar-refractivity contribution in [3.8, 4) is 0 Å². The van der Waals surface area contributed by atoms with Gasteiger partial charge in [-0.25, -0.2) is 4.98 Å². The van der Waals surface area contributed by atoms with Gasteiger partial charge >= 0.3 is 0 Å². The molecule has 29 heavy (non-hydrogen) atoms. The molecule has 0 aliphatic rings. The number of anilines is 1. The number of aromatic nitrogens is 2. The Labute approximate surface area is 174 Å². The minimum Gasteiger partial charge on any atom is -0.278 e. The largest absolute Gasteiger partial charge is 0.278 e. The number of fused-ring (bicyclic) bond motifs is 1. The van der Waals surface area contributed by atoms with E-state index in [0.29, 0.717) is 17.2 Å². The second-order valence-electron chi connectivity index (χ2n) is 7.13. The smallest absolute Gasteiger partial charge is 0.260 e. The highest BCUT2D eigenvalue weighted by Gasteiger charge is 2.23. The van der Waals surface area contributed by atoms with E-state index in [4.69, 9.17) is 4.98 Å². The molecule has 0 saturated heterocycles. The lowest BCUT2D eigenvalue weighted by molar-refractivity contribution is 0.0984. The van der Waals surface area contributed by atoms with Crippen molar-refractivity contribution in [1.29, 1.82) is 0 Å². The Hall–Kier alpha value is -3.05. The molecule has 4 nitrogen and oxygen atoms in total. The summed E-state index contributed by atoms with van der Waals surface area (Å²) in [5.74, 6) is -0.0594. The summed E-state index contributed by atoms with van der Waals surface area (Å²) in [6.45, 7) is 6.59. The molecule has 2 aromatic carbocycles. The van der Waals surface area contributed by atoms with E-state index in [9.17, 15) is 4.79 Å². The van der Waals surface area contributed by atoms with E-state index in [1.165, 1.54) is 11.1 Å². The summed E-state index contributed by atoms with van der Waals surface area (Å²) in [4.78, 5) is 24.5. The molecule has 0 fully saturated rings. The molecule has 0 aliphatic heterocycles. The molecule has 0 saturated carbocycles. The van der Waals surface area contributed by atoms with Crippen molar-refractivity contribution in [2.24, 2.45) is 0 Å². The summed E-state index contributed by atoms with van der Waals surface area (Å²) >= 11 is 1.55. The van der Waals surface area contributed by atoms with Gasteiger partial charge in [-0.3, -0.25) is 14.7 Å². The SMILES string of the molecule is CCc1cccc2sc(N(Cc3ccccn3)C(=O)c3ccc(C)c(C)c3)nc12. The number of pyridine rings is 1. The third-order valence-electron chi connectivity index (χ3n) is 5.15. The van der Waals surface area contributed by atoms with Gasteiger partial charge < -0.3 is 0 Å². The molecule has 0 atom stereocenters. The number of nitrogens with zero attached hydrogens (tertiary/aromatic N) is 3. The van der Waals surface area contributed by atoms with Gasteiger partial charge in [0.15, 0.2) is 5.13 Å². The average molecular weight is 402 g/mol. The number of benzene rings is 2. The molecule has 0 unspecified atom stereocenters. The number of carbonyl (C=O) groups excluding carboxylic acids is 1. The lowest BCUT2D eigenvalue weighted by Gasteiger charge is -2.20. The Bertz CT molecular complexity index is 1170. The molecule has 1 amide bonds. The van der Waals surface area contributed by atoms with Gasteiger partial charge in [0.25, 0.3) is 5.91 Å². The van der Waals surface area contributed by atoms with Crippen molar-refractivity contribution in [3.05, 3.63) is 88.7 Å². The fraction of sp³-hybridized carbons (Fsp3) is 0.208. The van der Waals surface area contributed by atoms with Gasteiger partial charge in [0.1, 0.15) is 0 Å². The van der Waals surface area contributed by atoms with Gasteiger partial charge in [-0.1, -0.05) is 42.5 Å². The highest BCUT2D eigenvalue weighted by molar-refractivity contribution is 7.22. The van der Waals surface area contributed by atoms with Crippen LogP contribution in [0.25, 0.3) is 10.2 Å². The maximum atomic E-state index is 13.5. The minimum atomic E-state index is -0.0594. The number of carbonyl (C=O) groups is 1. The van der Waals surface area contributed by atoms with Crippen molar-refractivity contribution in [2.75, 3.05) is 4.90 Å². The van der Waals surface area contributed by atoms with E-state index in [0.717, 1.165) is 27.9 Å². The van der Waals surface area contributed by atoms with Crippen LogP contribution in [0.4, 0.5) is 5.13 Å². The molecular formula is C24H23N3OS. The monoisotopic (exact) mass is 401 g/mol. The maximum Gasteiger partial charge on any atom is 0.260 e. The van der Waals surface area contributed by atoms with Crippen molar-refractivity contribution in [2.45, 2.75) is 33.7 Å². The van der Waals surface area contributed by atoms with Crippen LogP contribution in [0.1, 0.15) is 39.7 Å². The van der Waals surface area contributed by atoms with Gasteiger partial charge in [0, 0.05) is 11.8 Å². The molecule has 2 aromatic heterocycles. The Morgan fingerprint density at radius 2 is 1.90 bits per heavy atom. The first kappa shape index (κ1) is 19.3. The summed E-state index contributed by atoms with van der Waals surface area (Å²) in [7, 11) is 0. The van der Waals surface area contributed by atoms with Gasteiger partial charge in [-0.2, -0.15) is 0 Å². The zero-order valence-corrected chi connectivity index (χ0v) is 17.7. The molecule has 0 bridgehead atoms. The first-order chi connectivity index (χ1) is 14.1. The molecule has 0 aliphatic carbocycles. The van der Waals surface area contributed by atoms with E-state index in [1.54, 1.807) is 22.4 Å². The molecule has 0 N–H and O–H groups in total. The zero-order valence-electron chi connectivity index (χ0n) is 16.8. The van der Waals surface area contributed by atoms with Gasteiger partial charge in [0.05, 0.1) is 22.5 Å². The highest BCUT2D eigenvalue weighted by atomic mass is 32.1. The third kappa shape index (κ3) is 3.91. The second-order valence-corrected chi connectivity index (χ2v) is 8.13. The molecule has 0 radical (unpaired) electrons. The lowest BCUT2D eigenvalue weighted by Crippen LogP contribution is -2.30. The molecule has 5 heteroatoms. The van der Waals surface area contributed by atoms with Crippen molar-refractivity contribution in [3.63, 3.8) is 0 Å². The van der Waals surface area contributed by atoms with E-state index in [1.807, 2.05) is 43.3 Å². The van der Waals surface area contributed by atoms with Crippen LogP contribution < -0.4 is 4.90 Å². The standard InChI is InChI=1S/C24H23N3OS/c1-4-18-8-7-10-21-22(18)26-24(29-21)27(15-20-9-5-6-13-25-20)23(28)19-12-11-16(2)17(3)14-19/h5-14H,4,15H2,1-3H3. The van der Waals surface area contributed by atoms with Crippen LogP contribution in [0.3, 0.4) is 0 Å². The molecule has 4 aromatic rings. The summed E-state index contributed by atoms with van der Waals surface area (Å²) in [6.07, 6.45) is 2.66. The van der Waals surface area contributed by atoms with Crippen LogP contribution in [0, 0.1) is 13.8 Å². The quantitative estimate of drug-likeness (QED) is 0.430. The first-order valence-electron chi connectivity index (χ1n) is 9.74. The third-order valence-corrected chi connectivity index (χ3v) is 6.19. The topological polar surface area (TPSA) is 46.1 Å². The van der Waals surface area contributed by atoms with Crippen LogP contribution in [0.2, 0.25) is 0 Å². The normalized spacial score (nSPS) is 11.0. The van der Waals surface area contributed by atoms with Crippen LogP contribution >= 0.6 is 11.3 Å². The van der Waals surface area contributed by atoms with Crippen LogP contribution in [-0.2, 0) is 13.0 Å². The molecular weight excluding hydrogens is 378 g/mol. The first-order valence-corrected chi connectivity index (χ1v) is 10.6. The number of thiazole rings is 1. The number of hydrogen-bond donors (Lipinski definition) is 0. The number of hydrogen-bond acceptors (Lipinski definition) is 4. The maximum absolute atomic E-state index is 13.5.